The lowest BCUT2D eigenvalue weighted by molar-refractivity contribution is 0.746. The molecule has 0 fully saturated rings. The summed E-state index contributed by atoms with van der Waals surface area (Å²) >= 11 is 0. The molecule has 92 valence electrons. The lowest BCUT2D eigenvalue weighted by Crippen LogP contribution is -2.00. The quantitative estimate of drug-likeness (QED) is 0.859. The summed E-state index contributed by atoms with van der Waals surface area (Å²) in [5.41, 5.74) is 3.57. The van der Waals surface area contributed by atoms with Crippen LogP contribution < -0.4 is 5.32 Å². The molecule has 0 aliphatic carbocycles. The molecule has 4 nitrogen and oxygen atoms in total. The molecule has 0 spiro atoms. The first-order valence-electron chi connectivity index (χ1n) is 6.14. The lowest BCUT2D eigenvalue weighted by atomic mass is 10.3. The van der Waals surface area contributed by atoms with Crippen molar-refractivity contribution in [3.05, 3.63) is 35.9 Å². The first-order valence-corrected chi connectivity index (χ1v) is 6.14. The molecule has 0 saturated carbocycles. The van der Waals surface area contributed by atoms with Crippen molar-refractivity contribution in [2.24, 2.45) is 7.05 Å². The Kier molecular flexibility index (Phi) is 3.52. The lowest BCUT2D eigenvalue weighted by Gasteiger charge is -2.03. The Morgan fingerprint density at radius 1 is 1.29 bits per heavy atom. The average Bonchev–Trinajstić information content (AvgIpc) is 2.92. The molecule has 2 aromatic heterocycles. The van der Waals surface area contributed by atoms with Crippen molar-refractivity contribution in [1.82, 2.24) is 14.3 Å². The van der Waals surface area contributed by atoms with E-state index in [0.717, 1.165) is 30.9 Å². The minimum absolute atomic E-state index is 0.853. The van der Waals surface area contributed by atoms with Crippen LogP contribution in [0.15, 0.2) is 24.7 Å². The van der Waals surface area contributed by atoms with Crippen LogP contribution in [0, 0.1) is 0 Å². The van der Waals surface area contributed by atoms with E-state index in [1.807, 2.05) is 17.9 Å². The van der Waals surface area contributed by atoms with E-state index in [1.165, 1.54) is 5.56 Å². The van der Waals surface area contributed by atoms with Gasteiger partial charge in [0.25, 0.3) is 0 Å². The molecule has 0 amide bonds. The first-order chi connectivity index (χ1) is 8.22. The van der Waals surface area contributed by atoms with Crippen molar-refractivity contribution in [3.63, 3.8) is 0 Å². The average molecular weight is 232 g/mol. The molecule has 17 heavy (non-hydrogen) atoms. The van der Waals surface area contributed by atoms with Crippen LogP contribution in [-0.4, -0.2) is 14.3 Å². The zero-order valence-corrected chi connectivity index (χ0v) is 10.8. The van der Waals surface area contributed by atoms with Crippen LogP contribution in [0.5, 0.6) is 0 Å². The molecule has 0 bridgehead atoms. The van der Waals surface area contributed by atoms with E-state index in [2.05, 4.69) is 47.3 Å². The number of nitrogens with zero attached hydrogens (tertiary/aromatic N) is 3. The summed E-state index contributed by atoms with van der Waals surface area (Å²) in [5.74, 6) is 0. The molecule has 1 N–H and O–H groups in total. The summed E-state index contributed by atoms with van der Waals surface area (Å²) in [6.45, 7) is 6.15. The SMILES string of the molecule is CCc1nn(C)cc1NCc1ccn(CC)c1. The summed E-state index contributed by atoms with van der Waals surface area (Å²) in [7, 11) is 1.96. The molecular formula is C13H20N4. The topological polar surface area (TPSA) is 34.8 Å². The Bertz CT molecular complexity index is 481. The summed E-state index contributed by atoms with van der Waals surface area (Å²) in [5, 5.41) is 7.85. The van der Waals surface area contributed by atoms with Crippen molar-refractivity contribution >= 4 is 5.69 Å². The van der Waals surface area contributed by atoms with E-state index in [1.54, 1.807) is 0 Å². The fourth-order valence-electron chi connectivity index (χ4n) is 1.93. The molecule has 2 heterocycles. The van der Waals surface area contributed by atoms with Gasteiger partial charge in [0.15, 0.2) is 0 Å². The molecule has 0 unspecified atom stereocenters. The Labute approximate surface area is 102 Å². The summed E-state index contributed by atoms with van der Waals surface area (Å²) in [6, 6.07) is 2.15. The van der Waals surface area contributed by atoms with Gasteiger partial charge >= 0.3 is 0 Å². The highest BCUT2D eigenvalue weighted by atomic mass is 15.3. The van der Waals surface area contributed by atoms with E-state index in [4.69, 9.17) is 0 Å². The van der Waals surface area contributed by atoms with E-state index >= 15 is 0 Å². The van der Waals surface area contributed by atoms with Crippen LogP contribution in [0.2, 0.25) is 0 Å². The van der Waals surface area contributed by atoms with Crippen molar-refractivity contribution < 1.29 is 0 Å². The first kappa shape index (κ1) is 11.8. The molecule has 0 saturated heterocycles. The molecule has 0 atom stereocenters. The molecule has 4 heteroatoms. The fraction of sp³-hybridized carbons (Fsp3) is 0.462. The van der Waals surface area contributed by atoms with E-state index < -0.39 is 0 Å². The maximum Gasteiger partial charge on any atom is 0.0853 e. The number of rotatable bonds is 5. The molecule has 0 aliphatic rings. The van der Waals surface area contributed by atoms with Gasteiger partial charge in [0.2, 0.25) is 0 Å². The standard InChI is InChI=1S/C13H20N4/c1-4-12-13(10-16(3)15-12)14-8-11-6-7-17(5-2)9-11/h6-7,9-10,14H,4-5,8H2,1-3H3. The highest BCUT2D eigenvalue weighted by Gasteiger charge is 2.05. The molecule has 0 radical (unpaired) electrons. The number of aromatic nitrogens is 3. The maximum absolute atomic E-state index is 4.41. The largest absolute Gasteiger partial charge is 0.378 e. The third-order valence-electron chi connectivity index (χ3n) is 2.90. The van der Waals surface area contributed by atoms with Gasteiger partial charge in [0, 0.05) is 38.7 Å². The Hall–Kier alpha value is -1.71. The second-order valence-corrected chi connectivity index (χ2v) is 4.22. The van der Waals surface area contributed by atoms with Gasteiger partial charge in [-0.05, 0) is 25.0 Å². The molecule has 2 rings (SSSR count). The number of anilines is 1. The number of aryl methyl sites for hydroxylation is 3. The van der Waals surface area contributed by atoms with Gasteiger partial charge < -0.3 is 9.88 Å². The van der Waals surface area contributed by atoms with Crippen molar-refractivity contribution in [2.45, 2.75) is 33.4 Å². The predicted molar refractivity (Wildman–Crippen MR) is 70.0 cm³/mol. The van der Waals surface area contributed by atoms with Gasteiger partial charge in [-0.25, -0.2) is 0 Å². The van der Waals surface area contributed by atoms with E-state index in [9.17, 15) is 0 Å². The predicted octanol–water partition coefficient (Wildman–Crippen LogP) is 2.42. The van der Waals surface area contributed by atoms with Gasteiger partial charge in [-0.2, -0.15) is 5.10 Å². The van der Waals surface area contributed by atoms with Crippen molar-refractivity contribution in [2.75, 3.05) is 5.32 Å². The monoisotopic (exact) mass is 232 g/mol. The second kappa shape index (κ2) is 5.08. The van der Waals surface area contributed by atoms with Crippen LogP contribution in [0.3, 0.4) is 0 Å². The zero-order valence-electron chi connectivity index (χ0n) is 10.8. The van der Waals surface area contributed by atoms with Gasteiger partial charge in [-0.1, -0.05) is 6.92 Å². The minimum atomic E-state index is 0.853. The number of hydrogen-bond acceptors (Lipinski definition) is 2. The van der Waals surface area contributed by atoms with E-state index in [0.29, 0.717) is 0 Å². The minimum Gasteiger partial charge on any atom is -0.378 e. The van der Waals surface area contributed by atoms with E-state index in [-0.39, 0.29) is 0 Å². The van der Waals surface area contributed by atoms with Crippen LogP contribution in [0.1, 0.15) is 25.1 Å². The molecular weight excluding hydrogens is 212 g/mol. The Morgan fingerprint density at radius 2 is 2.12 bits per heavy atom. The zero-order chi connectivity index (χ0) is 12.3. The summed E-state index contributed by atoms with van der Waals surface area (Å²) in [4.78, 5) is 0. The van der Waals surface area contributed by atoms with Gasteiger partial charge in [0.05, 0.1) is 11.4 Å². The fourth-order valence-corrected chi connectivity index (χ4v) is 1.93. The molecule has 0 aliphatic heterocycles. The summed E-state index contributed by atoms with van der Waals surface area (Å²) in [6.07, 6.45) is 7.28. The third kappa shape index (κ3) is 2.70. The van der Waals surface area contributed by atoms with Crippen molar-refractivity contribution in [1.29, 1.82) is 0 Å². The highest BCUT2D eigenvalue weighted by Crippen LogP contribution is 2.15. The molecule has 0 aromatic carbocycles. The van der Waals surface area contributed by atoms with Gasteiger partial charge in [-0.3, -0.25) is 4.68 Å². The normalized spacial score (nSPS) is 10.8. The van der Waals surface area contributed by atoms with Gasteiger partial charge in [-0.15, -0.1) is 0 Å². The smallest absolute Gasteiger partial charge is 0.0853 e. The third-order valence-corrected chi connectivity index (χ3v) is 2.90. The molecule has 2 aromatic rings. The number of hydrogen-bond donors (Lipinski definition) is 1. The Morgan fingerprint density at radius 3 is 2.76 bits per heavy atom. The van der Waals surface area contributed by atoms with Crippen LogP contribution in [0.25, 0.3) is 0 Å². The summed E-state index contributed by atoms with van der Waals surface area (Å²) < 4.78 is 4.04. The second-order valence-electron chi connectivity index (χ2n) is 4.22. The van der Waals surface area contributed by atoms with Crippen molar-refractivity contribution in [3.8, 4) is 0 Å². The van der Waals surface area contributed by atoms with Crippen LogP contribution in [-0.2, 0) is 26.6 Å². The van der Waals surface area contributed by atoms with Gasteiger partial charge in [0.1, 0.15) is 0 Å². The van der Waals surface area contributed by atoms with Crippen LogP contribution in [0.4, 0.5) is 5.69 Å². The highest BCUT2D eigenvalue weighted by molar-refractivity contribution is 5.46. The number of nitrogens with one attached hydrogen (secondary N) is 1. The Balaban J connectivity index is 2.01. The van der Waals surface area contributed by atoms with Crippen LogP contribution >= 0.6 is 0 Å². The maximum atomic E-state index is 4.41.